The van der Waals surface area contributed by atoms with Gasteiger partial charge >= 0.3 is 0 Å². The quantitative estimate of drug-likeness (QED) is 0.760. The van der Waals surface area contributed by atoms with Crippen LogP contribution in [0.5, 0.6) is 5.75 Å². The van der Waals surface area contributed by atoms with Gasteiger partial charge in [0.2, 0.25) is 0 Å². The molecule has 0 radical (unpaired) electrons. The topological polar surface area (TPSA) is 9.23 Å². The summed E-state index contributed by atoms with van der Waals surface area (Å²) in [4.78, 5) is 0. The van der Waals surface area contributed by atoms with Gasteiger partial charge in [-0.3, -0.25) is 0 Å². The zero-order valence-electron chi connectivity index (χ0n) is 11.2. The molecule has 0 saturated carbocycles. The van der Waals surface area contributed by atoms with Crippen LogP contribution in [0.1, 0.15) is 29.5 Å². The van der Waals surface area contributed by atoms with Crippen molar-refractivity contribution >= 4 is 5.57 Å². The molecule has 0 N–H and O–H groups in total. The van der Waals surface area contributed by atoms with E-state index >= 15 is 0 Å². The van der Waals surface area contributed by atoms with Crippen LogP contribution < -0.4 is 4.74 Å². The van der Waals surface area contributed by atoms with E-state index in [0.29, 0.717) is 6.61 Å². The summed E-state index contributed by atoms with van der Waals surface area (Å²) in [5.41, 5.74) is 5.20. The van der Waals surface area contributed by atoms with Crippen LogP contribution in [0, 0.1) is 6.92 Å². The maximum atomic E-state index is 6.02. The van der Waals surface area contributed by atoms with E-state index in [1.165, 1.54) is 35.1 Å². The van der Waals surface area contributed by atoms with Gasteiger partial charge in [-0.05, 0) is 42.5 Å². The van der Waals surface area contributed by atoms with Gasteiger partial charge in [-0.1, -0.05) is 48.5 Å². The molecule has 1 nitrogen and oxygen atoms in total. The summed E-state index contributed by atoms with van der Waals surface area (Å²) in [6, 6.07) is 16.7. The highest BCUT2D eigenvalue weighted by atomic mass is 16.5. The third-order valence-corrected chi connectivity index (χ3v) is 3.68. The molecule has 1 aliphatic carbocycles. The molecule has 96 valence electrons. The van der Waals surface area contributed by atoms with E-state index in [4.69, 9.17) is 4.74 Å². The molecule has 2 aromatic carbocycles. The smallest absolute Gasteiger partial charge is 0.127 e. The number of rotatable bonds is 4. The minimum absolute atomic E-state index is 0.636. The fraction of sp³-hybridized carbons (Fsp3) is 0.222. The van der Waals surface area contributed by atoms with E-state index in [2.05, 4.69) is 55.5 Å². The van der Waals surface area contributed by atoms with Gasteiger partial charge in [-0.15, -0.1) is 0 Å². The molecular weight excluding hydrogens is 232 g/mol. The summed E-state index contributed by atoms with van der Waals surface area (Å²) in [7, 11) is 0. The standard InChI is InChI=1S/C18H18O/c1-14-7-2-3-8-16(14)13-19-18-12-5-4-11-17(18)15-9-6-10-15/h2-5,7-9,11-12H,6,10,13H2,1H3. The molecule has 19 heavy (non-hydrogen) atoms. The lowest BCUT2D eigenvalue weighted by Gasteiger charge is -2.18. The van der Waals surface area contributed by atoms with E-state index < -0.39 is 0 Å². The molecule has 2 aromatic rings. The first-order chi connectivity index (χ1) is 9.34. The average molecular weight is 250 g/mol. The van der Waals surface area contributed by atoms with E-state index in [0.717, 1.165) is 5.75 Å². The highest BCUT2D eigenvalue weighted by Crippen LogP contribution is 2.35. The average Bonchev–Trinajstić information content (AvgIpc) is 2.37. The van der Waals surface area contributed by atoms with Gasteiger partial charge in [0.05, 0.1) is 0 Å². The van der Waals surface area contributed by atoms with Crippen molar-refractivity contribution in [1.29, 1.82) is 0 Å². The second kappa shape index (κ2) is 5.31. The van der Waals surface area contributed by atoms with E-state index in [1.807, 2.05) is 6.07 Å². The Balaban J connectivity index is 1.79. The number of hydrogen-bond acceptors (Lipinski definition) is 1. The summed E-state index contributed by atoms with van der Waals surface area (Å²) in [6.45, 7) is 2.76. The molecular formula is C18H18O. The zero-order valence-corrected chi connectivity index (χ0v) is 11.2. The summed E-state index contributed by atoms with van der Waals surface area (Å²) < 4.78 is 6.02. The monoisotopic (exact) mass is 250 g/mol. The van der Waals surface area contributed by atoms with Crippen molar-refractivity contribution in [3.05, 3.63) is 71.3 Å². The Labute approximate surface area is 114 Å². The van der Waals surface area contributed by atoms with Crippen molar-refractivity contribution in [2.45, 2.75) is 26.4 Å². The number of aryl methyl sites for hydroxylation is 1. The highest BCUT2D eigenvalue weighted by molar-refractivity contribution is 5.74. The fourth-order valence-corrected chi connectivity index (χ4v) is 2.32. The number of ether oxygens (including phenoxy) is 1. The first-order valence-electron chi connectivity index (χ1n) is 6.80. The van der Waals surface area contributed by atoms with Gasteiger partial charge in [0.25, 0.3) is 0 Å². The zero-order chi connectivity index (χ0) is 13.1. The van der Waals surface area contributed by atoms with Crippen molar-refractivity contribution in [3.8, 4) is 5.75 Å². The van der Waals surface area contributed by atoms with Crippen molar-refractivity contribution in [1.82, 2.24) is 0 Å². The Morgan fingerprint density at radius 1 is 1.00 bits per heavy atom. The van der Waals surface area contributed by atoms with Crippen molar-refractivity contribution < 1.29 is 4.74 Å². The minimum atomic E-state index is 0.636. The second-order valence-electron chi connectivity index (χ2n) is 4.98. The first kappa shape index (κ1) is 12.0. The number of allylic oxidation sites excluding steroid dienone is 2. The summed E-state index contributed by atoms with van der Waals surface area (Å²) in [5, 5.41) is 0. The van der Waals surface area contributed by atoms with Crippen LogP contribution >= 0.6 is 0 Å². The molecule has 1 aliphatic rings. The van der Waals surface area contributed by atoms with Crippen LogP contribution in [0.15, 0.2) is 54.6 Å². The number of para-hydroxylation sites is 1. The third kappa shape index (κ3) is 2.55. The van der Waals surface area contributed by atoms with Gasteiger partial charge in [0, 0.05) is 5.56 Å². The Hall–Kier alpha value is -2.02. The largest absolute Gasteiger partial charge is 0.488 e. The molecule has 0 aromatic heterocycles. The molecule has 0 fully saturated rings. The summed E-state index contributed by atoms with van der Waals surface area (Å²) >= 11 is 0. The lowest BCUT2D eigenvalue weighted by Crippen LogP contribution is -2.01. The SMILES string of the molecule is Cc1ccccc1COc1ccccc1C1=CCC1. The molecule has 0 amide bonds. The molecule has 0 spiro atoms. The molecule has 3 rings (SSSR count). The van der Waals surface area contributed by atoms with Crippen LogP contribution in [0.4, 0.5) is 0 Å². The molecule has 1 heteroatoms. The van der Waals surface area contributed by atoms with E-state index in [-0.39, 0.29) is 0 Å². The van der Waals surface area contributed by atoms with Gasteiger partial charge in [-0.2, -0.15) is 0 Å². The lowest BCUT2D eigenvalue weighted by molar-refractivity contribution is 0.304. The Bertz CT molecular complexity index is 611. The van der Waals surface area contributed by atoms with Crippen molar-refractivity contribution in [2.75, 3.05) is 0 Å². The molecule has 0 unspecified atom stereocenters. The Kier molecular flexibility index (Phi) is 3.37. The normalized spacial score (nSPS) is 13.6. The highest BCUT2D eigenvalue weighted by Gasteiger charge is 2.13. The molecule has 0 atom stereocenters. The summed E-state index contributed by atoms with van der Waals surface area (Å²) in [6.07, 6.45) is 4.65. The van der Waals surface area contributed by atoms with Crippen LogP contribution in [0.2, 0.25) is 0 Å². The van der Waals surface area contributed by atoms with Crippen LogP contribution in [-0.4, -0.2) is 0 Å². The lowest BCUT2D eigenvalue weighted by atomic mass is 9.91. The van der Waals surface area contributed by atoms with Gasteiger partial charge in [0.1, 0.15) is 12.4 Å². The van der Waals surface area contributed by atoms with Gasteiger partial charge in [0.15, 0.2) is 0 Å². The maximum absolute atomic E-state index is 6.02. The van der Waals surface area contributed by atoms with Crippen molar-refractivity contribution in [3.63, 3.8) is 0 Å². The summed E-state index contributed by atoms with van der Waals surface area (Å²) in [5.74, 6) is 0.997. The van der Waals surface area contributed by atoms with Crippen LogP contribution in [0.25, 0.3) is 5.57 Å². The Morgan fingerprint density at radius 3 is 2.47 bits per heavy atom. The van der Waals surface area contributed by atoms with Crippen LogP contribution in [-0.2, 0) is 6.61 Å². The molecule has 0 saturated heterocycles. The van der Waals surface area contributed by atoms with Gasteiger partial charge < -0.3 is 4.74 Å². The van der Waals surface area contributed by atoms with Crippen molar-refractivity contribution in [2.24, 2.45) is 0 Å². The number of benzene rings is 2. The predicted molar refractivity (Wildman–Crippen MR) is 79.2 cm³/mol. The first-order valence-corrected chi connectivity index (χ1v) is 6.80. The van der Waals surface area contributed by atoms with Crippen LogP contribution in [0.3, 0.4) is 0 Å². The molecule has 0 bridgehead atoms. The minimum Gasteiger partial charge on any atom is -0.488 e. The Morgan fingerprint density at radius 2 is 1.74 bits per heavy atom. The van der Waals surface area contributed by atoms with E-state index in [9.17, 15) is 0 Å². The third-order valence-electron chi connectivity index (χ3n) is 3.68. The van der Waals surface area contributed by atoms with Gasteiger partial charge in [-0.25, -0.2) is 0 Å². The second-order valence-corrected chi connectivity index (χ2v) is 4.98. The molecule has 0 heterocycles. The maximum Gasteiger partial charge on any atom is 0.127 e. The predicted octanol–water partition coefficient (Wildman–Crippen LogP) is 4.75. The van der Waals surface area contributed by atoms with E-state index in [1.54, 1.807) is 0 Å². The number of hydrogen-bond donors (Lipinski definition) is 0. The molecule has 0 aliphatic heterocycles. The fourth-order valence-electron chi connectivity index (χ4n) is 2.32.